The summed E-state index contributed by atoms with van der Waals surface area (Å²) in [5, 5.41) is 2.90. The van der Waals surface area contributed by atoms with Crippen LogP contribution in [0.2, 0.25) is 4.34 Å². The average molecular weight is 381 g/mol. The van der Waals surface area contributed by atoms with E-state index in [1.807, 2.05) is 6.07 Å². The summed E-state index contributed by atoms with van der Waals surface area (Å²) in [5.41, 5.74) is 0. The molecule has 0 radical (unpaired) electrons. The Morgan fingerprint density at radius 3 is 2.61 bits per heavy atom. The number of rotatable bonds is 6. The summed E-state index contributed by atoms with van der Waals surface area (Å²) < 4.78 is 30.4. The molecule has 6 nitrogen and oxygen atoms in total. The van der Waals surface area contributed by atoms with Gasteiger partial charge in [0.25, 0.3) is 0 Å². The van der Waals surface area contributed by atoms with E-state index in [-0.39, 0.29) is 17.9 Å². The van der Waals surface area contributed by atoms with Crippen molar-refractivity contribution in [2.24, 2.45) is 5.92 Å². The number of piperidine rings is 1. The second-order valence-corrected chi connectivity index (χ2v) is 9.28. The first-order chi connectivity index (χ1) is 10.8. The van der Waals surface area contributed by atoms with Crippen LogP contribution in [0.25, 0.3) is 0 Å². The van der Waals surface area contributed by atoms with Gasteiger partial charge in [0.15, 0.2) is 0 Å². The molecule has 1 saturated heterocycles. The first-order valence-electron chi connectivity index (χ1n) is 7.32. The summed E-state index contributed by atoms with van der Waals surface area (Å²) in [7, 11) is -1.58. The fraction of sp³-hybridized carbons (Fsp3) is 0.643. The number of sulfonamides is 1. The minimum Gasteiger partial charge on any atom is -0.374 e. The molecule has 23 heavy (non-hydrogen) atoms. The highest BCUT2D eigenvalue weighted by atomic mass is 35.5. The molecule has 0 aliphatic carbocycles. The number of methoxy groups -OCH3 is 1. The van der Waals surface area contributed by atoms with Gasteiger partial charge in [-0.15, -0.1) is 11.3 Å². The van der Waals surface area contributed by atoms with E-state index in [0.717, 1.165) is 4.88 Å². The number of carbonyl (C=O) groups excluding carboxylic acids is 1. The number of ether oxygens (including phenoxy) is 1. The largest absolute Gasteiger partial charge is 0.374 e. The minimum atomic E-state index is -3.17. The van der Waals surface area contributed by atoms with Gasteiger partial charge < -0.3 is 10.1 Å². The number of hydrogen-bond donors (Lipinski definition) is 1. The van der Waals surface area contributed by atoms with Crippen molar-refractivity contribution in [3.8, 4) is 0 Å². The quantitative estimate of drug-likeness (QED) is 0.817. The number of amides is 1. The summed E-state index contributed by atoms with van der Waals surface area (Å²) in [4.78, 5) is 13.2. The van der Waals surface area contributed by atoms with E-state index < -0.39 is 10.0 Å². The number of nitrogens with zero attached hydrogens (tertiary/aromatic N) is 1. The van der Waals surface area contributed by atoms with Gasteiger partial charge in [-0.25, -0.2) is 12.7 Å². The van der Waals surface area contributed by atoms with Crippen molar-refractivity contribution in [2.45, 2.75) is 18.9 Å². The van der Waals surface area contributed by atoms with E-state index in [0.29, 0.717) is 36.8 Å². The van der Waals surface area contributed by atoms with E-state index in [1.165, 1.54) is 21.9 Å². The van der Waals surface area contributed by atoms with Crippen LogP contribution in [0.15, 0.2) is 12.1 Å². The molecular formula is C14H21ClN2O4S2. The molecule has 1 amide bonds. The van der Waals surface area contributed by atoms with Crippen molar-refractivity contribution in [1.82, 2.24) is 9.62 Å². The Labute approximate surface area is 145 Å². The van der Waals surface area contributed by atoms with Crippen LogP contribution in [0.4, 0.5) is 0 Å². The van der Waals surface area contributed by atoms with Gasteiger partial charge in [0.05, 0.1) is 10.6 Å². The molecule has 1 aliphatic rings. The van der Waals surface area contributed by atoms with Crippen LogP contribution in [-0.2, 0) is 19.6 Å². The van der Waals surface area contributed by atoms with Crippen LogP contribution < -0.4 is 5.32 Å². The predicted molar refractivity (Wildman–Crippen MR) is 91.2 cm³/mol. The Bertz CT molecular complexity index is 639. The van der Waals surface area contributed by atoms with Crippen LogP contribution in [0.1, 0.15) is 23.8 Å². The van der Waals surface area contributed by atoms with Crippen LogP contribution in [0.5, 0.6) is 0 Å². The molecule has 1 N–H and O–H groups in total. The van der Waals surface area contributed by atoms with E-state index in [2.05, 4.69) is 5.32 Å². The molecule has 1 aliphatic heterocycles. The van der Waals surface area contributed by atoms with Crippen LogP contribution in [0.3, 0.4) is 0 Å². The highest BCUT2D eigenvalue weighted by Gasteiger charge is 2.29. The van der Waals surface area contributed by atoms with E-state index >= 15 is 0 Å². The lowest BCUT2D eigenvalue weighted by Crippen LogP contribution is -2.43. The topological polar surface area (TPSA) is 75.7 Å². The fourth-order valence-electron chi connectivity index (χ4n) is 2.59. The maximum Gasteiger partial charge on any atom is 0.223 e. The first kappa shape index (κ1) is 18.7. The van der Waals surface area contributed by atoms with Gasteiger partial charge >= 0.3 is 0 Å². The third kappa shape index (κ3) is 5.15. The van der Waals surface area contributed by atoms with Crippen molar-refractivity contribution in [2.75, 3.05) is 33.0 Å². The minimum absolute atomic E-state index is 0.0529. The molecule has 1 fully saturated rings. The zero-order valence-electron chi connectivity index (χ0n) is 13.1. The zero-order chi connectivity index (χ0) is 17.0. The lowest BCUT2D eigenvalue weighted by molar-refractivity contribution is -0.126. The molecular weight excluding hydrogens is 360 g/mol. The van der Waals surface area contributed by atoms with Crippen LogP contribution in [-0.4, -0.2) is 51.6 Å². The molecule has 130 valence electrons. The second-order valence-electron chi connectivity index (χ2n) is 5.55. The second kappa shape index (κ2) is 7.94. The summed E-state index contributed by atoms with van der Waals surface area (Å²) in [6, 6.07) is 3.69. The van der Waals surface area contributed by atoms with E-state index in [9.17, 15) is 13.2 Å². The van der Waals surface area contributed by atoms with Gasteiger partial charge in [-0.3, -0.25) is 4.79 Å². The van der Waals surface area contributed by atoms with Crippen molar-refractivity contribution in [3.05, 3.63) is 21.3 Å². The van der Waals surface area contributed by atoms with Gasteiger partial charge in [-0.1, -0.05) is 11.6 Å². The lowest BCUT2D eigenvalue weighted by Gasteiger charge is -2.29. The summed E-state index contributed by atoms with van der Waals surface area (Å²) in [6.45, 7) is 1.16. The molecule has 0 unspecified atom stereocenters. The van der Waals surface area contributed by atoms with Crippen LogP contribution in [0, 0.1) is 5.92 Å². The van der Waals surface area contributed by atoms with Gasteiger partial charge in [0, 0.05) is 37.5 Å². The molecule has 1 aromatic heterocycles. The highest BCUT2D eigenvalue weighted by molar-refractivity contribution is 7.88. The standard InChI is InChI=1S/C14H21ClN2O4S2/c1-21-11(12-3-4-13(15)22-12)9-16-14(18)10-5-7-17(8-6-10)23(2,19)20/h3-4,10-11H,5-9H2,1-2H3,(H,16,18)/t11-/m1/s1. The Balaban J connectivity index is 1.83. The van der Waals surface area contributed by atoms with Crippen molar-refractivity contribution >= 4 is 38.9 Å². The Morgan fingerprint density at radius 2 is 2.13 bits per heavy atom. The Kier molecular flexibility index (Phi) is 6.44. The Morgan fingerprint density at radius 1 is 1.48 bits per heavy atom. The molecule has 0 aromatic carbocycles. The maximum absolute atomic E-state index is 12.3. The molecule has 9 heteroatoms. The smallest absolute Gasteiger partial charge is 0.223 e. The van der Waals surface area contributed by atoms with Gasteiger partial charge in [-0.05, 0) is 25.0 Å². The Hall–Kier alpha value is -0.670. The molecule has 0 saturated carbocycles. The predicted octanol–water partition coefficient (Wildman–Crippen LogP) is 1.88. The summed E-state index contributed by atoms with van der Waals surface area (Å²) >= 11 is 7.34. The third-order valence-electron chi connectivity index (χ3n) is 3.95. The SMILES string of the molecule is CO[C@H](CNC(=O)C1CCN(S(C)(=O)=O)CC1)c1ccc(Cl)s1. The monoisotopic (exact) mass is 380 g/mol. The van der Waals surface area contributed by atoms with Gasteiger partial charge in [0.2, 0.25) is 15.9 Å². The summed E-state index contributed by atoms with van der Waals surface area (Å²) in [5.74, 6) is -0.208. The van der Waals surface area contributed by atoms with Crippen molar-refractivity contribution < 1.29 is 17.9 Å². The van der Waals surface area contributed by atoms with E-state index in [4.69, 9.17) is 16.3 Å². The number of nitrogens with one attached hydrogen (secondary N) is 1. The third-order valence-corrected chi connectivity index (χ3v) is 6.58. The number of thiophene rings is 1. The lowest BCUT2D eigenvalue weighted by atomic mass is 9.97. The number of carbonyl (C=O) groups is 1. The molecule has 0 spiro atoms. The van der Waals surface area contributed by atoms with Crippen molar-refractivity contribution in [1.29, 1.82) is 0 Å². The van der Waals surface area contributed by atoms with E-state index in [1.54, 1.807) is 13.2 Å². The molecule has 2 rings (SSSR count). The normalized spacial score (nSPS) is 18.7. The van der Waals surface area contributed by atoms with Crippen molar-refractivity contribution in [3.63, 3.8) is 0 Å². The molecule has 1 atom stereocenters. The molecule has 0 bridgehead atoms. The number of halogens is 1. The molecule has 2 heterocycles. The fourth-order valence-corrected chi connectivity index (χ4v) is 4.60. The van der Waals surface area contributed by atoms with Gasteiger partial charge in [0.1, 0.15) is 6.10 Å². The van der Waals surface area contributed by atoms with Crippen LogP contribution >= 0.6 is 22.9 Å². The number of hydrogen-bond acceptors (Lipinski definition) is 5. The average Bonchev–Trinajstić information content (AvgIpc) is 2.93. The highest BCUT2D eigenvalue weighted by Crippen LogP contribution is 2.28. The molecule has 1 aromatic rings. The van der Waals surface area contributed by atoms with Gasteiger partial charge in [-0.2, -0.15) is 0 Å². The zero-order valence-corrected chi connectivity index (χ0v) is 15.5. The summed E-state index contributed by atoms with van der Waals surface area (Å²) in [6.07, 6.45) is 2.05. The maximum atomic E-state index is 12.3. The first-order valence-corrected chi connectivity index (χ1v) is 10.4.